The number of rotatable bonds is 7. The Bertz CT molecular complexity index is 503. The Morgan fingerprint density at radius 2 is 2.22 bits per heavy atom. The molecular formula is C12H21N3O2S. The lowest BCUT2D eigenvalue weighted by molar-refractivity contribution is 0.573. The number of hydrogen-bond acceptors (Lipinski definition) is 4. The van der Waals surface area contributed by atoms with E-state index < -0.39 is 9.84 Å². The molecule has 0 atom stereocenters. The number of imidazole rings is 1. The van der Waals surface area contributed by atoms with E-state index in [4.69, 9.17) is 0 Å². The summed E-state index contributed by atoms with van der Waals surface area (Å²) >= 11 is 0. The van der Waals surface area contributed by atoms with Gasteiger partial charge in [-0.15, -0.1) is 0 Å². The first-order chi connectivity index (χ1) is 8.46. The number of nitrogens with zero attached hydrogens (tertiary/aromatic N) is 2. The van der Waals surface area contributed by atoms with Gasteiger partial charge in [-0.3, -0.25) is 0 Å². The molecule has 0 aromatic carbocycles. The van der Waals surface area contributed by atoms with Crippen molar-refractivity contribution >= 4 is 9.84 Å². The molecule has 1 aliphatic rings. The van der Waals surface area contributed by atoms with Crippen LogP contribution in [0.5, 0.6) is 0 Å². The molecule has 0 aliphatic heterocycles. The maximum absolute atomic E-state index is 11.1. The Balaban J connectivity index is 1.90. The highest BCUT2D eigenvalue weighted by Gasteiger charge is 2.20. The Labute approximate surface area is 109 Å². The van der Waals surface area contributed by atoms with E-state index >= 15 is 0 Å². The Kier molecular flexibility index (Phi) is 4.07. The summed E-state index contributed by atoms with van der Waals surface area (Å²) in [7, 11) is -2.87. The van der Waals surface area contributed by atoms with Crippen molar-refractivity contribution in [3.8, 4) is 0 Å². The molecule has 0 amide bonds. The second kappa shape index (κ2) is 5.40. The minimum atomic E-state index is -2.87. The van der Waals surface area contributed by atoms with Crippen molar-refractivity contribution < 1.29 is 8.42 Å². The van der Waals surface area contributed by atoms with Crippen LogP contribution in [-0.2, 0) is 22.9 Å². The lowest BCUT2D eigenvalue weighted by Crippen LogP contribution is -2.19. The van der Waals surface area contributed by atoms with Gasteiger partial charge in [0.15, 0.2) is 0 Å². The average molecular weight is 271 g/mol. The molecule has 0 saturated heterocycles. The summed E-state index contributed by atoms with van der Waals surface area (Å²) in [6, 6.07) is 0.671. The van der Waals surface area contributed by atoms with Crippen LogP contribution < -0.4 is 5.32 Å². The topological polar surface area (TPSA) is 64.0 Å². The summed E-state index contributed by atoms with van der Waals surface area (Å²) in [6.07, 6.45) is 6.34. The van der Waals surface area contributed by atoms with Gasteiger partial charge in [0.1, 0.15) is 15.7 Å². The molecule has 5 nitrogen and oxygen atoms in total. The monoisotopic (exact) mass is 271 g/mol. The molecule has 1 heterocycles. The van der Waals surface area contributed by atoms with Crippen molar-refractivity contribution in [3.63, 3.8) is 0 Å². The summed E-state index contributed by atoms with van der Waals surface area (Å²) in [4.78, 5) is 4.30. The fraction of sp³-hybridized carbons (Fsp3) is 0.750. The van der Waals surface area contributed by atoms with Gasteiger partial charge >= 0.3 is 0 Å². The van der Waals surface area contributed by atoms with Crippen molar-refractivity contribution in [2.75, 3.05) is 12.0 Å². The van der Waals surface area contributed by atoms with Crippen molar-refractivity contribution in [2.45, 2.75) is 45.3 Å². The molecule has 0 unspecified atom stereocenters. The quantitative estimate of drug-likeness (QED) is 0.799. The van der Waals surface area contributed by atoms with Gasteiger partial charge in [0.05, 0.1) is 11.4 Å². The summed E-state index contributed by atoms with van der Waals surface area (Å²) in [5.41, 5.74) is 1.15. The minimum Gasteiger partial charge on any atom is -0.331 e. The lowest BCUT2D eigenvalue weighted by atomic mass is 10.4. The van der Waals surface area contributed by atoms with Crippen molar-refractivity contribution in [2.24, 2.45) is 0 Å². The van der Waals surface area contributed by atoms with E-state index in [2.05, 4.69) is 14.9 Å². The van der Waals surface area contributed by atoms with Gasteiger partial charge in [-0.2, -0.15) is 0 Å². The number of hydrogen-bond donors (Lipinski definition) is 1. The summed E-state index contributed by atoms with van der Waals surface area (Å²) in [5.74, 6) is 1.19. The van der Waals surface area contributed by atoms with Crippen molar-refractivity contribution in [1.29, 1.82) is 0 Å². The second-order valence-corrected chi connectivity index (χ2v) is 7.35. The molecule has 1 N–H and O–H groups in total. The molecule has 0 spiro atoms. The van der Waals surface area contributed by atoms with E-state index in [1.807, 2.05) is 13.1 Å². The van der Waals surface area contributed by atoms with Crippen LogP contribution in [0, 0.1) is 6.92 Å². The van der Waals surface area contributed by atoms with Crippen LogP contribution >= 0.6 is 0 Å². The third kappa shape index (κ3) is 4.10. The Hall–Kier alpha value is -0.880. The van der Waals surface area contributed by atoms with Crippen molar-refractivity contribution in [3.05, 3.63) is 17.7 Å². The van der Waals surface area contributed by atoms with Gasteiger partial charge in [0.25, 0.3) is 0 Å². The summed E-state index contributed by atoms with van der Waals surface area (Å²) in [6.45, 7) is 3.51. The molecule has 2 rings (SSSR count). The Morgan fingerprint density at radius 3 is 2.83 bits per heavy atom. The highest BCUT2D eigenvalue weighted by molar-refractivity contribution is 7.90. The average Bonchev–Trinajstić information content (AvgIpc) is 3.02. The van der Waals surface area contributed by atoms with E-state index in [9.17, 15) is 8.42 Å². The number of sulfone groups is 1. The van der Waals surface area contributed by atoms with Crippen LogP contribution in [0.3, 0.4) is 0 Å². The highest BCUT2D eigenvalue weighted by Crippen LogP contribution is 2.19. The molecule has 0 radical (unpaired) electrons. The van der Waals surface area contributed by atoms with Crippen LogP contribution in [0.15, 0.2) is 6.20 Å². The van der Waals surface area contributed by atoms with E-state index in [1.54, 1.807) is 0 Å². The van der Waals surface area contributed by atoms with Gasteiger partial charge in [-0.25, -0.2) is 13.4 Å². The SMILES string of the molecule is Cc1ncc(CNC2CC2)n1CCCS(C)(=O)=O. The predicted molar refractivity (Wildman–Crippen MR) is 71.2 cm³/mol. The maximum Gasteiger partial charge on any atom is 0.147 e. The third-order valence-electron chi connectivity index (χ3n) is 3.18. The van der Waals surface area contributed by atoms with E-state index in [-0.39, 0.29) is 5.75 Å². The van der Waals surface area contributed by atoms with E-state index in [0.29, 0.717) is 12.5 Å². The van der Waals surface area contributed by atoms with Crippen LogP contribution in [0.1, 0.15) is 30.8 Å². The highest BCUT2D eigenvalue weighted by atomic mass is 32.2. The van der Waals surface area contributed by atoms with Gasteiger partial charge in [0, 0.05) is 31.6 Å². The molecule has 18 heavy (non-hydrogen) atoms. The zero-order valence-corrected chi connectivity index (χ0v) is 11.8. The van der Waals surface area contributed by atoms with Gasteiger partial charge in [-0.05, 0) is 26.2 Å². The summed E-state index contributed by atoms with van der Waals surface area (Å²) in [5, 5.41) is 3.45. The molecule has 1 aliphatic carbocycles. The summed E-state index contributed by atoms with van der Waals surface area (Å²) < 4.78 is 24.3. The normalized spacial score (nSPS) is 16.1. The predicted octanol–water partition coefficient (Wildman–Crippen LogP) is 0.878. The maximum atomic E-state index is 11.1. The van der Waals surface area contributed by atoms with E-state index in [0.717, 1.165) is 24.6 Å². The van der Waals surface area contributed by atoms with Crippen LogP contribution in [0.4, 0.5) is 0 Å². The smallest absolute Gasteiger partial charge is 0.147 e. The second-order valence-electron chi connectivity index (χ2n) is 5.09. The molecular weight excluding hydrogens is 250 g/mol. The minimum absolute atomic E-state index is 0.236. The molecule has 1 aromatic rings. The molecule has 1 aromatic heterocycles. The standard InChI is InChI=1S/C12H21N3O2S/c1-10-13-8-12(9-14-11-4-5-11)15(10)6-3-7-18(2,16)17/h8,11,14H,3-7,9H2,1-2H3. The van der Waals surface area contributed by atoms with Crippen molar-refractivity contribution in [1.82, 2.24) is 14.9 Å². The molecule has 102 valence electrons. The largest absolute Gasteiger partial charge is 0.331 e. The van der Waals surface area contributed by atoms with Gasteiger partial charge < -0.3 is 9.88 Å². The van der Waals surface area contributed by atoms with Gasteiger partial charge in [-0.1, -0.05) is 0 Å². The fourth-order valence-electron chi connectivity index (χ4n) is 1.98. The number of aromatic nitrogens is 2. The van der Waals surface area contributed by atoms with Crippen LogP contribution in [0.25, 0.3) is 0 Å². The zero-order chi connectivity index (χ0) is 13.2. The first-order valence-electron chi connectivity index (χ1n) is 6.38. The number of nitrogens with one attached hydrogen (secondary N) is 1. The molecule has 1 saturated carbocycles. The van der Waals surface area contributed by atoms with E-state index in [1.165, 1.54) is 19.1 Å². The van der Waals surface area contributed by atoms with Crippen LogP contribution in [-0.4, -0.2) is 36.0 Å². The zero-order valence-electron chi connectivity index (χ0n) is 11.0. The van der Waals surface area contributed by atoms with Gasteiger partial charge in [0.2, 0.25) is 0 Å². The Morgan fingerprint density at radius 1 is 1.50 bits per heavy atom. The molecule has 6 heteroatoms. The first-order valence-corrected chi connectivity index (χ1v) is 8.44. The lowest BCUT2D eigenvalue weighted by Gasteiger charge is -2.10. The fourth-order valence-corrected chi connectivity index (χ4v) is 2.64. The first kappa shape index (κ1) is 13.5. The van der Waals surface area contributed by atoms with Crippen LogP contribution in [0.2, 0.25) is 0 Å². The molecule has 0 bridgehead atoms. The third-order valence-corrected chi connectivity index (χ3v) is 4.21. The molecule has 1 fully saturated rings. The number of aryl methyl sites for hydroxylation is 1.